The molecule has 1 aliphatic heterocycles. The average molecular weight is 476 g/mol. The van der Waals surface area contributed by atoms with Gasteiger partial charge in [-0.1, -0.05) is 26.8 Å². The van der Waals surface area contributed by atoms with Crippen LogP contribution >= 0.6 is 0 Å². The Morgan fingerprint density at radius 2 is 1.89 bits per heavy atom. The van der Waals surface area contributed by atoms with Crippen LogP contribution in [-0.4, -0.2) is 77.8 Å². The number of benzene rings is 1. The predicted octanol–water partition coefficient (Wildman–Crippen LogP) is 3.61. The molecule has 0 amide bonds. The highest BCUT2D eigenvalue weighted by Gasteiger charge is 2.22. The van der Waals surface area contributed by atoms with E-state index in [0.29, 0.717) is 6.61 Å². The molecule has 1 aliphatic rings. The predicted molar refractivity (Wildman–Crippen MR) is 140 cm³/mol. The van der Waals surface area contributed by atoms with Gasteiger partial charge in [0, 0.05) is 74.8 Å². The molecular weight excluding hydrogens is 438 g/mol. The fourth-order valence-electron chi connectivity index (χ4n) is 4.44. The first-order chi connectivity index (χ1) is 16.7. The number of hydrogen-bond donors (Lipinski definition) is 0. The molecule has 1 saturated heterocycles. The van der Waals surface area contributed by atoms with E-state index >= 15 is 0 Å². The Morgan fingerprint density at radius 1 is 1.11 bits per heavy atom. The van der Waals surface area contributed by atoms with E-state index in [1.165, 1.54) is 11.4 Å². The number of ether oxygens (including phenoxy) is 1. The van der Waals surface area contributed by atoms with Crippen molar-refractivity contribution in [1.29, 1.82) is 5.26 Å². The Kier molecular flexibility index (Phi) is 7.58. The van der Waals surface area contributed by atoms with Crippen molar-refractivity contribution >= 4 is 16.7 Å². The first-order valence-corrected chi connectivity index (χ1v) is 12.3. The van der Waals surface area contributed by atoms with Crippen molar-refractivity contribution in [3.8, 4) is 11.8 Å². The lowest BCUT2D eigenvalue weighted by atomic mass is 9.97. The van der Waals surface area contributed by atoms with E-state index in [4.69, 9.17) is 4.74 Å². The second-order valence-electron chi connectivity index (χ2n) is 10.8. The van der Waals surface area contributed by atoms with Crippen LogP contribution in [0.3, 0.4) is 0 Å². The Labute approximate surface area is 208 Å². The monoisotopic (exact) mass is 475 g/mol. The van der Waals surface area contributed by atoms with Gasteiger partial charge in [-0.05, 0) is 37.7 Å². The van der Waals surface area contributed by atoms with Crippen LogP contribution in [0.5, 0.6) is 5.75 Å². The Bertz CT molecular complexity index is 1180. The zero-order valence-corrected chi connectivity index (χ0v) is 21.7. The van der Waals surface area contributed by atoms with Crippen LogP contribution in [0.4, 0.5) is 5.69 Å². The fraction of sp³-hybridized carbons (Fsp3) is 0.519. The molecule has 0 atom stereocenters. The smallest absolute Gasteiger partial charge is 0.234 e. The summed E-state index contributed by atoms with van der Waals surface area (Å²) in [5, 5.41) is 10.3. The number of nitriles is 1. The largest absolute Gasteiger partial charge is 0.492 e. The van der Waals surface area contributed by atoms with E-state index in [0.717, 1.165) is 62.6 Å². The van der Waals surface area contributed by atoms with E-state index in [-0.39, 0.29) is 11.2 Å². The maximum atomic E-state index is 9.28. The van der Waals surface area contributed by atoms with Crippen molar-refractivity contribution in [1.82, 2.24) is 24.3 Å². The van der Waals surface area contributed by atoms with Gasteiger partial charge < -0.3 is 19.1 Å². The molecule has 3 aromatic rings. The fourth-order valence-corrected chi connectivity index (χ4v) is 4.44. The number of fused-ring (bicyclic) bond motifs is 1. The van der Waals surface area contributed by atoms with E-state index in [1.54, 1.807) is 6.20 Å². The van der Waals surface area contributed by atoms with Crippen LogP contribution in [0, 0.1) is 16.7 Å². The third-order valence-electron chi connectivity index (χ3n) is 6.20. The molecule has 3 heterocycles. The number of hydrogen-bond acceptors (Lipinski definition) is 7. The van der Waals surface area contributed by atoms with Crippen molar-refractivity contribution in [3.05, 3.63) is 48.0 Å². The second kappa shape index (κ2) is 10.6. The first-order valence-electron chi connectivity index (χ1n) is 12.3. The number of nitrogens with zero attached hydrogens (tertiary/aromatic N) is 7. The lowest BCUT2D eigenvalue weighted by Crippen LogP contribution is -2.46. The lowest BCUT2D eigenvalue weighted by Gasteiger charge is -2.36. The Morgan fingerprint density at radius 3 is 2.57 bits per heavy atom. The molecule has 0 aliphatic carbocycles. The molecular formula is C27H37N7O. The van der Waals surface area contributed by atoms with Gasteiger partial charge in [-0.3, -0.25) is 4.90 Å². The molecule has 1 aromatic carbocycles. The van der Waals surface area contributed by atoms with Crippen LogP contribution in [0.2, 0.25) is 0 Å². The zero-order valence-electron chi connectivity index (χ0n) is 21.7. The molecule has 2 aromatic heterocycles. The maximum Gasteiger partial charge on any atom is 0.234 e. The van der Waals surface area contributed by atoms with E-state index < -0.39 is 0 Å². The molecule has 0 radical (unpaired) electrons. The van der Waals surface area contributed by atoms with Crippen molar-refractivity contribution < 1.29 is 4.74 Å². The minimum Gasteiger partial charge on any atom is -0.492 e. The zero-order chi connectivity index (χ0) is 25.0. The van der Waals surface area contributed by atoms with Crippen LogP contribution < -0.4 is 9.64 Å². The van der Waals surface area contributed by atoms with Gasteiger partial charge in [0.1, 0.15) is 24.1 Å². The molecule has 35 heavy (non-hydrogen) atoms. The SMILES string of the molecule is CN(C)CCOc1cccc(N2CCN(Cc3cc4cnc(C#N)nc4n3CC(C)(C)C)CC2)c1. The van der Waals surface area contributed by atoms with Gasteiger partial charge in [-0.2, -0.15) is 5.26 Å². The molecule has 8 heteroatoms. The Balaban J connectivity index is 1.43. The van der Waals surface area contributed by atoms with E-state index in [2.05, 4.69) is 94.4 Å². The number of rotatable bonds is 8. The standard InChI is InChI=1S/C27H37N7O/c1-27(2,3)20-34-23(15-21-18-29-25(17-28)30-26(21)34)19-32-9-11-33(12-10-32)22-7-6-8-24(16-22)35-14-13-31(4)5/h6-8,15-16,18H,9-14,19-20H2,1-5H3. The van der Waals surface area contributed by atoms with Crippen molar-refractivity contribution in [2.45, 2.75) is 33.9 Å². The minimum absolute atomic E-state index is 0.0940. The molecule has 1 fully saturated rings. The topological polar surface area (TPSA) is 73.5 Å². The highest BCUT2D eigenvalue weighted by molar-refractivity contribution is 5.77. The van der Waals surface area contributed by atoms with E-state index in [1.807, 2.05) is 6.07 Å². The molecule has 8 nitrogen and oxygen atoms in total. The minimum atomic E-state index is 0.0940. The summed E-state index contributed by atoms with van der Waals surface area (Å²) in [6.07, 6.45) is 1.77. The molecule has 186 valence electrons. The molecule has 0 saturated carbocycles. The highest BCUT2D eigenvalue weighted by atomic mass is 16.5. The summed E-state index contributed by atoms with van der Waals surface area (Å²) < 4.78 is 8.21. The van der Waals surface area contributed by atoms with Gasteiger partial charge >= 0.3 is 0 Å². The van der Waals surface area contributed by atoms with Crippen LogP contribution in [0.1, 0.15) is 32.3 Å². The van der Waals surface area contributed by atoms with Crippen LogP contribution in [0.15, 0.2) is 36.5 Å². The quantitative estimate of drug-likeness (QED) is 0.493. The van der Waals surface area contributed by atoms with Gasteiger partial charge in [0.15, 0.2) is 0 Å². The average Bonchev–Trinajstić information content (AvgIpc) is 3.14. The van der Waals surface area contributed by atoms with Gasteiger partial charge in [-0.25, -0.2) is 9.97 Å². The first kappa shape index (κ1) is 25.0. The third kappa shape index (κ3) is 6.50. The highest BCUT2D eigenvalue weighted by Crippen LogP contribution is 2.26. The number of likely N-dealkylation sites (N-methyl/N-ethyl adjacent to an activating group) is 1. The molecule has 0 unspecified atom stereocenters. The van der Waals surface area contributed by atoms with Crippen LogP contribution in [0.25, 0.3) is 11.0 Å². The summed E-state index contributed by atoms with van der Waals surface area (Å²) in [6.45, 7) is 13.9. The maximum absolute atomic E-state index is 9.28. The molecule has 0 bridgehead atoms. The van der Waals surface area contributed by atoms with Gasteiger partial charge in [0.25, 0.3) is 0 Å². The summed E-state index contributed by atoms with van der Waals surface area (Å²) in [7, 11) is 4.11. The number of anilines is 1. The summed E-state index contributed by atoms with van der Waals surface area (Å²) in [4.78, 5) is 15.8. The van der Waals surface area contributed by atoms with Gasteiger partial charge in [0.2, 0.25) is 5.82 Å². The van der Waals surface area contributed by atoms with Gasteiger partial charge in [-0.15, -0.1) is 0 Å². The summed E-state index contributed by atoms with van der Waals surface area (Å²) >= 11 is 0. The summed E-state index contributed by atoms with van der Waals surface area (Å²) in [5.41, 5.74) is 3.39. The second-order valence-corrected chi connectivity index (χ2v) is 10.8. The normalized spacial score (nSPS) is 15.1. The van der Waals surface area contributed by atoms with Crippen molar-refractivity contribution in [3.63, 3.8) is 0 Å². The van der Waals surface area contributed by atoms with Gasteiger partial charge in [0.05, 0.1) is 0 Å². The molecule has 4 rings (SSSR count). The summed E-state index contributed by atoms with van der Waals surface area (Å²) in [5.74, 6) is 1.15. The number of aromatic nitrogens is 3. The summed E-state index contributed by atoms with van der Waals surface area (Å²) in [6, 6.07) is 12.7. The van der Waals surface area contributed by atoms with Crippen LogP contribution in [-0.2, 0) is 13.1 Å². The van der Waals surface area contributed by atoms with Crippen molar-refractivity contribution in [2.24, 2.45) is 5.41 Å². The number of piperazine rings is 1. The van der Waals surface area contributed by atoms with Crippen molar-refractivity contribution in [2.75, 3.05) is 58.3 Å². The lowest BCUT2D eigenvalue weighted by molar-refractivity contribution is 0.239. The Hall–Kier alpha value is -3.15. The van der Waals surface area contributed by atoms with E-state index in [9.17, 15) is 5.26 Å². The third-order valence-corrected chi connectivity index (χ3v) is 6.20. The molecule has 0 N–H and O–H groups in total. The molecule has 0 spiro atoms.